The van der Waals surface area contributed by atoms with Crippen LogP contribution in [0.15, 0.2) is 12.1 Å². The maximum Gasteiger partial charge on any atom is 0.151 e. The zero-order valence-electron chi connectivity index (χ0n) is 9.04. The lowest BCUT2D eigenvalue weighted by molar-refractivity contribution is 0.0425. The molecule has 0 atom stereocenters. The third-order valence-electron chi connectivity index (χ3n) is 2.61. The van der Waals surface area contributed by atoms with Gasteiger partial charge in [-0.1, -0.05) is 0 Å². The van der Waals surface area contributed by atoms with Crippen molar-refractivity contribution < 1.29 is 13.5 Å². The molecule has 16 heavy (non-hydrogen) atoms. The number of hydrogen-bond acceptors (Lipinski definition) is 3. The van der Waals surface area contributed by atoms with Crippen LogP contribution in [0, 0.1) is 11.6 Å². The summed E-state index contributed by atoms with van der Waals surface area (Å²) < 4.78 is 32.3. The number of benzene rings is 1. The molecule has 1 aromatic rings. The second kappa shape index (κ2) is 4.25. The van der Waals surface area contributed by atoms with Gasteiger partial charge in [0.1, 0.15) is 5.69 Å². The molecule has 88 valence electrons. The summed E-state index contributed by atoms with van der Waals surface area (Å²) in [5.41, 5.74) is 5.43. The molecule has 1 aliphatic rings. The summed E-state index contributed by atoms with van der Waals surface area (Å²) in [5.74, 6) is -1.24. The van der Waals surface area contributed by atoms with Gasteiger partial charge in [-0.15, -0.1) is 0 Å². The summed E-state index contributed by atoms with van der Waals surface area (Å²) in [7, 11) is 0. The molecular weight excluding hydrogens is 214 g/mol. The van der Waals surface area contributed by atoms with E-state index in [-0.39, 0.29) is 17.5 Å². The monoisotopic (exact) mass is 228 g/mol. The fraction of sp³-hybridized carbons (Fsp3) is 0.455. The smallest absolute Gasteiger partial charge is 0.151 e. The number of nitrogens with two attached hydrogens (primary N) is 1. The molecule has 1 heterocycles. The Labute approximate surface area is 92.8 Å². The standard InChI is InChI=1S/C11H14F2N2O/c1-2-16-8-5-15(6-8)11-9(12)3-7(14)4-10(11)13/h3-4,8H,2,5-6,14H2,1H3. The number of ether oxygens (including phenoxy) is 1. The number of nitrogens with zero attached hydrogens (tertiary/aromatic N) is 1. The van der Waals surface area contributed by atoms with E-state index < -0.39 is 11.6 Å². The first kappa shape index (κ1) is 11.1. The molecule has 0 saturated carbocycles. The van der Waals surface area contributed by atoms with Crippen molar-refractivity contribution in [2.24, 2.45) is 0 Å². The van der Waals surface area contributed by atoms with E-state index in [1.165, 1.54) is 0 Å². The Morgan fingerprint density at radius 1 is 1.38 bits per heavy atom. The highest BCUT2D eigenvalue weighted by Crippen LogP contribution is 2.30. The maximum atomic E-state index is 13.5. The molecule has 2 rings (SSSR count). The lowest BCUT2D eigenvalue weighted by atomic mass is 10.1. The average Bonchev–Trinajstić information content (AvgIpc) is 2.12. The highest BCUT2D eigenvalue weighted by Gasteiger charge is 2.31. The minimum absolute atomic E-state index is 0.00912. The molecule has 5 heteroatoms. The van der Waals surface area contributed by atoms with Crippen molar-refractivity contribution in [2.75, 3.05) is 30.3 Å². The molecule has 0 unspecified atom stereocenters. The molecule has 0 radical (unpaired) electrons. The molecule has 1 saturated heterocycles. The first-order valence-electron chi connectivity index (χ1n) is 5.23. The number of hydrogen-bond donors (Lipinski definition) is 1. The van der Waals surface area contributed by atoms with Gasteiger partial charge in [-0.25, -0.2) is 8.78 Å². The van der Waals surface area contributed by atoms with E-state index in [1.807, 2.05) is 6.92 Å². The summed E-state index contributed by atoms with van der Waals surface area (Å²) >= 11 is 0. The fourth-order valence-electron chi connectivity index (χ4n) is 1.85. The average molecular weight is 228 g/mol. The van der Waals surface area contributed by atoms with Crippen molar-refractivity contribution in [1.29, 1.82) is 0 Å². The van der Waals surface area contributed by atoms with Crippen LogP contribution in [0.1, 0.15) is 6.92 Å². The molecule has 3 nitrogen and oxygen atoms in total. The number of rotatable bonds is 3. The van der Waals surface area contributed by atoms with E-state index in [1.54, 1.807) is 4.90 Å². The summed E-state index contributed by atoms with van der Waals surface area (Å²) in [4.78, 5) is 1.62. The highest BCUT2D eigenvalue weighted by atomic mass is 19.1. The van der Waals surface area contributed by atoms with Crippen LogP contribution in [0.2, 0.25) is 0 Å². The highest BCUT2D eigenvalue weighted by molar-refractivity contribution is 5.57. The summed E-state index contributed by atoms with van der Waals surface area (Å²) in [6, 6.07) is 2.26. The maximum absolute atomic E-state index is 13.5. The molecule has 0 spiro atoms. The zero-order chi connectivity index (χ0) is 11.7. The van der Waals surface area contributed by atoms with Gasteiger partial charge in [0.15, 0.2) is 11.6 Å². The number of anilines is 2. The van der Waals surface area contributed by atoms with E-state index in [4.69, 9.17) is 10.5 Å². The van der Waals surface area contributed by atoms with Crippen LogP contribution in [0.25, 0.3) is 0 Å². The van der Waals surface area contributed by atoms with Crippen LogP contribution in [0.3, 0.4) is 0 Å². The second-order valence-electron chi connectivity index (χ2n) is 3.82. The Morgan fingerprint density at radius 3 is 2.44 bits per heavy atom. The van der Waals surface area contributed by atoms with Crippen molar-refractivity contribution in [2.45, 2.75) is 13.0 Å². The van der Waals surface area contributed by atoms with Gasteiger partial charge in [-0.05, 0) is 19.1 Å². The van der Waals surface area contributed by atoms with Crippen molar-refractivity contribution in [3.63, 3.8) is 0 Å². The Morgan fingerprint density at radius 2 is 1.94 bits per heavy atom. The van der Waals surface area contributed by atoms with E-state index >= 15 is 0 Å². The summed E-state index contributed by atoms with van der Waals surface area (Å²) in [6.07, 6.45) is 0.0707. The Bertz CT molecular complexity index is 369. The van der Waals surface area contributed by atoms with Crippen molar-refractivity contribution >= 4 is 11.4 Å². The van der Waals surface area contributed by atoms with Gasteiger partial charge < -0.3 is 15.4 Å². The largest absolute Gasteiger partial charge is 0.399 e. The minimum Gasteiger partial charge on any atom is -0.399 e. The zero-order valence-corrected chi connectivity index (χ0v) is 9.04. The third kappa shape index (κ3) is 1.95. The van der Waals surface area contributed by atoms with Gasteiger partial charge in [0, 0.05) is 25.4 Å². The summed E-state index contributed by atoms with van der Waals surface area (Å²) in [5, 5.41) is 0. The SMILES string of the molecule is CCOC1CN(c2c(F)cc(N)cc2F)C1. The summed E-state index contributed by atoms with van der Waals surface area (Å²) in [6.45, 7) is 3.55. The predicted molar refractivity (Wildman–Crippen MR) is 58.4 cm³/mol. The van der Waals surface area contributed by atoms with Gasteiger partial charge in [0.2, 0.25) is 0 Å². The van der Waals surface area contributed by atoms with Crippen LogP contribution >= 0.6 is 0 Å². The van der Waals surface area contributed by atoms with Crippen LogP contribution in [-0.4, -0.2) is 25.8 Å². The molecule has 1 aromatic carbocycles. The topological polar surface area (TPSA) is 38.5 Å². The molecule has 0 bridgehead atoms. The molecule has 0 aliphatic carbocycles. The van der Waals surface area contributed by atoms with E-state index in [2.05, 4.69) is 0 Å². The van der Waals surface area contributed by atoms with E-state index in [0.717, 1.165) is 12.1 Å². The van der Waals surface area contributed by atoms with Crippen LogP contribution in [-0.2, 0) is 4.74 Å². The third-order valence-corrected chi connectivity index (χ3v) is 2.61. The van der Waals surface area contributed by atoms with Gasteiger partial charge in [-0.3, -0.25) is 0 Å². The molecule has 1 aliphatic heterocycles. The van der Waals surface area contributed by atoms with E-state index in [0.29, 0.717) is 19.7 Å². The van der Waals surface area contributed by atoms with Gasteiger partial charge in [0.25, 0.3) is 0 Å². The van der Waals surface area contributed by atoms with Crippen LogP contribution < -0.4 is 10.6 Å². The van der Waals surface area contributed by atoms with E-state index in [9.17, 15) is 8.78 Å². The van der Waals surface area contributed by atoms with Gasteiger partial charge in [0.05, 0.1) is 6.10 Å². The lowest BCUT2D eigenvalue weighted by Gasteiger charge is -2.40. The quantitative estimate of drug-likeness (QED) is 0.801. The fourth-order valence-corrected chi connectivity index (χ4v) is 1.85. The molecule has 2 N–H and O–H groups in total. The second-order valence-corrected chi connectivity index (χ2v) is 3.82. The normalized spacial score (nSPS) is 16.3. The Kier molecular flexibility index (Phi) is 2.96. The van der Waals surface area contributed by atoms with Gasteiger partial charge >= 0.3 is 0 Å². The Balaban J connectivity index is 2.11. The van der Waals surface area contributed by atoms with Gasteiger partial charge in [-0.2, -0.15) is 0 Å². The van der Waals surface area contributed by atoms with Crippen molar-refractivity contribution in [1.82, 2.24) is 0 Å². The minimum atomic E-state index is -0.618. The van der Waals surface area contributed by atoms with Crippen molar-refractivity contribution in [3.05, 3.63) is 23.8 Å². The lowest BCUT2D eigenvalue weighted by Crippen LogP contribution is -2.53. The predicted octanol–water partition coefficient (Wildman–Crippen LogP) is 1.77. The molecule has 0 amide bonds. The number of nitrogen functional groups attached to an aromatic ring is 1. The number of halogens is 2. The van der Waals surface area contributed by atoms with Crippen molar-refractivity contribution in [3.8, 4) is 0 Å². The van der Waals surface area contributed by atoms with Crippen LogP contribution in [0.5, 0.6) is 0 Å². The first-order chi connectivity index (χ1) is 7.61. The molecular formula is C11H14F2N2O. The molecule has 1 fully saturated rings. The molecule has 0 aromatic heterocycles. The first-order valence-corrected chi connectivity index (χ1v) is 5.23. The Hall–Kier alpha value is -1.36. The van der Waals surface area contributed by atoms with Crippen LogP contribution in [0.4, 0.5) is 20.2 Å².